The highest BCUT2D eigenvalue weighted by atomic mass is 19.4. The fraction of sp³-hybridized carbons (Fsp3) is 0.500. The molecule has 0 aromatic heterocycles. The van der Waals surface area contributed by atoms with Gasteiger partial charge in [-0.2, -0.15) is 23.3 Å². The van der Waals surface area contributed by atoms with Gasteiger partial charge in [-0.1, -0.05) is 38.0 Å². The summed E-state index contributed by atoms with van der Waals surface area (Å²) in [5.74, 6) is -0.962. The van der Waals surface area contributed by atoms with Crippen molar-refractivity contribution in [1.29, 1.82) is 0 Å². The summed E-state index contributed by atoms with van der Waals surface area (Å²) < 4.78 is 39.9. The fourth-order valence-corrected chi connectivity index (χ4v) is 2.47. The summed E-state index contributed by atoms with van der Waals surface area (Å²) in [6.45, 7) is 1.98. The molecule has 0 fully saturated rings. The second kappa shape index (κ2) is 6.70. The van der Waals surface area contributed by atoms with E-state index in [1.165, 1.54) is 12.1 Å². The minimum atomic E-state index is -4.98. The molecule has 1 atom stereocenters. The Morgan fingerprint density at radius 1 is 1.30 bits per heavy atom. The second-order valence-corrected chi connectivity index (χ2v) is 5.60. The molecular weight excluding hydrogens is 309 g/mol. The van der Waals surface area contributed by atoms with Gasteiger partial charge in [0.05, 0.1) is 0 Å². The largest absolute Gasteiger partial charge is 0.438 e. The van der Waals surface area contributed by atoms with Gasteiger partial charge in [-0.3, -0.25) is 4.79 Å². The predicted molar refractivity (Wildman–Crippen MR) is 79.8 cm³/mol. The number of halogens is 3. The number of nitrogens with zero attached hydrogens (tertiary/aromatic N) is 2. The van der Waals surface area contributed by atoms with Crippen LogP contribution in [-0.2, 0) is 0 Å². The zero-order valence-corrected chi connectivity index (χ0v) is 12.8. The van der Waals surface area contributed by atoms with Crippen LogP contribution in [0.5, 0.6) is 0 Å². The third-order valence-corrected chi connectivity index (χ3v) is 3.78. The highest BCUT2D eigenvalue weighted by Crippen LogP contribution is 2.41. The van der Waals surface area contributed by atoms with E-state index >= 15 is 0 Å². The van der Waals surface area contributed by atoms with Crippen LogP contribution in [0.4, 0.5) is 13.2 Å². The summed E-state index contributed by atoms with van der Waals surface area (Å²) in [5, 5.41) is 14.1. The van der Waals surface area contributed by atoms with E-state index in [-0.39, 0.29) is 16.3 Å². The van der Waals surface area contributed by atoms with Crippen LogP contribution in [-0.4, -0.2) is 33.6 Å². The molecule has 1 aromatic rings. The molecule has 0 saturated carbocycles. The molecule has 1 aromatic carbocycles. The molecule has 0 saturated heterocycles. The Labute approximate surface area is 132 Å². The molecule has 0 bridgehead atoms. The minimum absolute atomic E-state index is 0.0498. The van der Waals surface area contributed by atoms with Crippen molar-refractivity contribution in [3.05, 3.63) is 35.9 Å². The first-order valence-electron chi connectivity index (χ1n) is 7.54. The van der Waals surface area contributed by atoms with E-state index < -0.39 is 24.2 Å². The fourth-order valence-electron chi connectivity index (χ4n) is 2.47. The first-order chi connectivity index (χ1) is 10.8. The van der Waals surface area contributed by atoms with Crippen molar-refractivity contribution in [3.8, 4) is 0 Å². The summed E-state index contributed by atoms with van der Waals surface area (Å²) in [5.41, 5.74) is -3.03. The lowest BCUT2D eigenvalue weighted by atomic mass is 10.0. The molecule has 0 spiro atoms. The third kappa shape index (κ3) is 3.55. The van der Waals surface area contributed by atoms with E-state index in [1.54, 1.807) is 18.2 Å². The second-order valence-electron chi connectivity index (χ2n) is 5.60. The maximum atomic E-state index is 13.3. The monoisotopic (exact) mass is 328 g/mol. The SMILES string of the molecule is CCCCCC1=NN(C(=O)c2ccccc2)[C@@](O)(C(F)(F)F)C1. The van der Waals surface area contributed by atoms with Gasteiger partial charge in [0.1, 0.15) is 0 Å². The molecular formula is C16H19F3N2O2. The lowest BCUT2D eigenvalue weighted by Gasteiger charge is -2.32. The Balaban J connectivity index is 2.28. The van der Waals surface area contributed by atoms with Crippen LogP contribution in [0.2, 0.25) is 0 Å². The Hall–Kier alpha value is -1.89. The Morgan fingerprint density at radius 2 is 1.96 bits per heavy atom. The predicted octanol–water partition coefficient (Wildman–Crippen LogP) is 3.72. The molecule has 1 amide bonds. The average molecular weight is 328 g/mol. The Morgan fingerprint density at radius 3 is 2.52 bits per heavy atom. The smallest absolute Gasteiger partial charge is 0.362 e. The Bertz CT molecular complexity index is 587. The van der Waals surface area contributed by atoms with E-state index in [2.05, 4.69) is 5.10 Å². The zero-order valence-electron chi connectivity index (χ0n) is 12.8. The molecule has 0 radical (unpaired) electrons. The first-order valence-corrected chi connectivity index (χ1v) is 7.54. The van der Waals surface area contributed by atoms with Crippen LogP contribution in [0.3, 0.4) is 0 Å². The van der Waals surface area contributed by atoms with E-state index in [0.29, 0.717) is 12.8 Å². The molecule has 126 valence electrons. The van der Waals surface area contributed by atoms with E-state index in [0.717, 1.165) is 12.8 Å². The number of hydrogen-bond acceptors (Lipinski definition) is 3. The van der Waals surface area contributed by atoms with Gasteiger partial charge in [-0.05, 0) is 25.0 Å². The number of aliphatic hydroxyl groups is 1. The van der Waals surface area contributed by atoms with Crippen molar-refractivity contribution >= 4 is 11.6 Å². The molecule has 1 N–H and O–H groups in total. The van der Waals surface area contributed by atoms with Crippen molar-refractivity contribution in [1.82, 2.24) is 5.01 Å². The lowest BCUT2D eigenvalue weighted by molar-refractivity contribution is -0.297. The molecule has 0 unspecified atom stereocenters. The zero-order chi connectivity index (χ0) is 17.1. The van der Waals surface area contributed by atoms with Gasteiger partial charge in [0.2, 0.25) is 0 Å². The van der Waals surface area contributed by atoms with Crippen LogP contribution < -0.4 is 0 Å². The molecule has 2 rings (SSSR count). The normalized spacial score (nSPS) is 21.4. The summed E-state index contributed by atoms with van der Waals surface area (Å²) in [4.78, 5) is 12.3. The molecule has 7 heteroatoms. The lowest BCUT2D eigenvalue weighted by Crippen LogP contribution is -2.56. The van der Waals surface area contributed by atoms with Gasteiger partial charge in [0.15, 0.2) is 0 Å². The van der Waals surface area contributed by atoms with Crippen LogP contribution >= 0.6 is 0 Å². The van der Waals surface area contributed by atoms with Crippen LogP contribution in [0.15, 0.2) is 35.4 Å². The highest BCUT2D eigenvalue weighted by molar-refractivity contribution is 5.98. The molecule has 23 heavy (non-hydrogen) atoms. The average Bonchev–Trinajstić information content (AvgIpc) is 2.86. The molecule has 0 aliphatic carbocycles. The van der Waals surface area contributed by atoms with Crippen molar-refractivity contribution in [2.24, 2.45) is 5.10 Å². The van der Waals surface area contributed by atoms with E-state index in [9.17, 15) is 23.1 Å². The molecule has 1 aliphatic rings. The number of hydrogen-bond donors (Lipinski definition) is 1. The third-order valence-electron chi connectivity index (χ3n) is 3.78. The van der Waals surface area contributed by atoms with Gasteiger partial charge < -0.3 is 5.11 Å². The molecule has 1 aliphatic heterocycles. The number of amides is 1. The van der Waals surface area contributed by atoms with Crippen molar-refractivity contribution in [2.45, 2.75) is 50.9 Å². The van der Waals surface area contributed by atoms with Gasteiger partial charge >= 0.3 is 6.18 Å². The Kier molecular flexibility index (Phi) is 5.09. The number of hydrazone groups is 1. The van der Waals surface area contributed by atoms with Gasteiger partial charge in [0.25, 0.3) is 11.6 Å². The number of carbonyl (C=O) groups excluding carboxylic acids is 1. The van der Waals surface area contributed by atoms with Crippen LogP contribution in [0, 0.1) is 0 Å². The molecule has 1 heterocycles. The number of benzene rings is 1. The number of carbonyl (C=O) groups is 1. The quantitative estimate of drug-likeness (QED) is 0.838. The van der Waals surface area contributed by atoms with Crippen molar-refractivity contribution < 1.29 is 23.1 Å². The standard InChI is InChI=1S/C16H19F3N2O2/c1-2-3-5-10-13-11-15(23,16(17,18)19)21(20-13)14(22)12-8-6-4-7-9-12/h4,6-9,23H,2-3,5,10-11H2,1H3/t15-/m0/s1. The van der Waals surface area contributed by atoms with E-state index in [1.807, 2.05) is 6.92 Å². The maximum Gasteiger partial charge on any atom is 0.438 e. The minimum Gasteiger partial charge on any atom is -0.362 e. The number of rotatable bonds is 5. The van der Waals surface area contributed by atoms with Gasteiger partial charge in [0, 0.05) is 17.7 Å². The summed E-state index contributed by atoms with van der Waals surface area (Å²) in [6.07, 6.45) is -2.88. The van der Waals surface area contributed by atoms with Crippen molar-refractivity contribution in [2.75, 3.05) is 0 Å². The maximum absolute atomic E-state index is 13.3. The van der Waals surface area contributed by atoms with Crippen molar-refractivity contribution in [3.63, 3.8) is 0 Å². The van der Waals surface area contributed by atoms with Crippen LogP contribution in [0.1, 0.15) is 49.4 Å². The summed E-state index contributed by atoms with van der Waals surface area (Å²) in [7, 11) is 0. The van der Waals surface area contributed by atoms with Gasteiger partial charge in [-0.15, -0.1) is 0 Å². The summed E-state index contributed by atoms with van der Waals surface area (Å²) in [6, 6.07) is 7.52. The first kappa shape index (κ1) is 17.5. The van der Waals surface area contributed by atoms with E-state index in [4.69, 9.17) is 0 Å². The highest BCUT2D eigenvalue weighted by Gasteiger charge is 2.63. The topological polar surface area (TPSA) is 52.9 Å². The molecule has 4 nitrogen and oxygen atoms in total. The number of unbranched alkanes of at least 4 members (excludes halogenated alkanes) is 2. The van der Waals surface area contributed by atoms with Gasteiger partial charge in [-0.25, -0.2) is 0 Å². The summed E-state index contributed by atoms with van der Waals surface area (Å²) >= 11 is 0. The number of alkyl halides is 3. The van der Waals surface area contributed by atoms with Crippen LogP contribution in [0.25, 0.3) is 0 Å².